The summed E-state index contributed by atoms with van der Waals surface area (Å²) in [6, 6.07) is 57.9. The molecule has 8 aromatic carbocycles. The SMILES string of the molecule is NC(=O)c1cccc(-c2cccc(OC(=O)NC3CCCCC3)c2)c1.NC(=O)c1cccc(-c2cccc(OC(=O)NC3CCCCC3)c2)c1.NC(=O)c1cccc(-c2cccc(OC(=O)NC3CCCCC3)c2)c1.NC(=O)c1cccc(-c2cccc(OC(=O)NC3CCCCC3)c2)c1. The molecule has 520 valence electrons. The second-order valence-electron chi connectivity index (χ2n) is 25.4. The van der Waals surface area contributed by atoms with Crippen molar-refractivity contribution in [2.45, 2.75) is 153 Å². The number of carbonyl (C=O) groups excluding carboxylic acids is 8. The van der Waals surface area contributed by atoms with Gasteiger partial charge in [0.2, 0.25) is 23.6 Å². The van der Waals surface area contributed by atoms with Crippen molar-refractivity contribution < 1.29 is 57.3 Å². The first kappa shape index (κ1) is 73.0. The fourth-order valence-electron chi connectivity index (χ4n) is 12.6. The van der Waals surface area contributed by atoms with Gasteiger partial charge in [-0.1, -0.05) is 174 Å². The van der Waals surface area contributed by atoms with Crippen molar-refractivity contribution in [2.24, 2.45) is 22.9 Å². The van der Waals surface area contributed by atoms with Crippen LogP contribution in [0.4, 0.5) is 19.2 Å². The average Bonchev–Trinajstić information content (AvgIpc) is 0.891. The van der Waals surface area contributed by atoms with E-state index in [1.807, 2.05) is 72.8 Å². The molecule has 0 atom stereocenters. The number of hydrogen-bond donors (Lipinski definition) is 8. The van der Waals surface area contributed by atoms with Crippen LogP contribution in [0.15, 0.2) is 194 Å². The Balaban J connectivity index is 0.000000156. The number of nitrogens with one attached hydrogen (secondary N) is 4. The van der Waals surface area contributed by atoms with Crippen molar-refractivity contribution >= 4 is 48.0 Å². The van der Waals surface area contributed by atoms with Crippen LogP contribution in [0.3, 0.4) is 0 Å². The van der Waals surface area contributed by atoms with E-state index in [9.17, 15) is 38.4 Å². The van der Waals surface area contributed by atoms with Crippen LogP contribution in [0.1, 0.15) is 170 Å². The fraction of sp³-hybridized carbons (Fsp3) is 0.300. The van der Waals surface area contributed by atoms with Crippen molar-refractivity contribution in [3.05, 3.63) is 216 Å². The summed E-state index contributed by atoms with van der Waals surface area (Å²) in [6.45, 7) is 0. The quantitative estimate of drug-likeness (QED) is 0.0448. The van der Waals surface area contributed by atoms with E-state index in [1.54, 1.807) is 121 Å². The van der Waals surface area contributed by atoms with Gasteiger partial charge in [-0.25, -0.2) is 19.2 Å². The van der Waals surface area contributed by atoms with Gasteiger partial charge in [-0.2, -0.15) is 0 Å². The largest absolute Gasteiger partial charge is 0.412 e. The zero-order valence-electron chi connectivity index (χ0n) is 56.1. The normalized spacial score (nSPS) is 14.7. The smallest absolute Gasteiger partial charge is 0.410 e. The molecule has 8 aromatic rings. The number of nitrogens with two attached hydrogens (primary N) is 4. The van der Waals surface area contributed by atoms with E-state index in [2.05, 4.69) is 21.3 Å². The van der Waals surface area contributed by atoms with Crippen LogP contribution in [0, 0.1) is 0 Å². The standard InChI is InChI=1S/4C20H22N2O3/c4*21-19(23)16-8-4-6-14(12-16)15-7-5-11-18(13-15)25-20(24)22-17-9-2-1-3-10-17/h4*4-8,11-13,17H,1-3,9-10H2,(H2,21,23)(H,22,24). The number of benzene rings is 8. The second-order valence-corrected chi connectivity index (χ2v) is 25.4. The lowest BCUT2D eigenvalue weighted by atomic mass is 9.96. The maximum atomic E-state index is 12.1. The van der Waals surface area contributed by atoms with Crippen molar-refractivity contribution in [2.75, 3.05) is 0 Å². The van der Waals surface area contributed by atoms with E-state index in [4.69, 9.17) is 41.9 Å². The molecule has 0 spiro atoms. The Labute approximate surface area is 583 Å². The van der Waals surface area contributed by atoms with Crippen LogP contribution < -0.4 is 63.1 Å². The molecule has 20 heteroatoms. The predicted molar refractivity (Wildman–Crippen MR) is 386 cm³/mol. The maximum absolute atomic E-state index is 12.1. The molecule has 4 saturated carbocycles. The Morgan fingerprint density at radius 2 is 0.410 bits per heavy atom. The zero-order valence-corrected chi connectivity index (χ0v) is 56.1. The summed E-state index contributed by atoms with van der Waals surface area (Å²) in [5.41, 5.74) is 29.9. The number of carbonyl (C=O) groups is 8. The van der Waals surface area contributed by atoms with Crippen molar-refractivity contribution in [3.63, 3.8) is 0 Å². The van der Waals surface area contributed by atoms with Gasteiger partial charge in [0.1, 0.15) is 23.0 Å². The summed E-state index contributed by atoms with van der Waals surface area (Å²) < 4.78 is 21.7. The predicted octanol–water partition coefficient (Wildman–Crippen LogP) is 15.5. The van der Waals surface area contributed by atoms with Gasteiger partial charge < -0.3 is 63.1 Å². The Bertz CT molecular complexity index is 3590. The van der Waals surface area contributed by atoms with Crippen LogP contribution in [0.25, 0.3) is 44.5 Å². The number of rotatable bonds is 16. The van der Waals surface area contributed by atoms with Crippen LogP contribution in [-0.2, 0) is 0 Å². The van der Waals surface area contributed by atoms with Crippen LogP contribution in [0.2, 0.25) is 0 Å². The molecule has 8 amide bonds. The Morgan fingerprint density at radius 3 is 0.590 bits per heavy atom. The monoisotopic (exact) mass is 1350 g/mol. The van der Waals surface area contributed by atoms with E-state index in [0.717, 1.165) is 147 Å². The number of ether oxygens (including phenoxy) is 4. The Kier molecular flexibility index (Phi) is 27.3. The fourth-order valence-corrected chi connectivity index (χ4v) is 12.6. The molecule has 0 saturated heterocycles. The summed E-state index contributed by atoms with van der Waals surface area (Å²) >= 11 is 0. The second kappa shape index (κ2) is 37.5. The lowest BCUT2D eigenvalue weighted by Gasteiger charge is -2.22. The van der Waals surface area contributed by atoms with Crippen LogP contribution >= 0.6 is 0 Å². The van der Waals surface area contributed by atoms with E-state index < -0.39 is 48.0 Å². The van der Waals surface area contributed by atoms with Gasteiger partial charge in [-0.05, 0) is 193 Å². The highest BCUT2D eigenvalue weighted by molar-refractivity contribution is 5.96. The molecule has 4 aliphatic rings. The lowest BCUT2D eigenvalue weighted by Crippen LogP contribution is -2.38. The molecule has 4 fully saturated rings. The molecule has 0 aliphatic heterocycles. The summed E-state index contributed by atoms with van der Waals surface area (Å²) in [5.74, 6) is -0.0133. The van der Waals surface area contributed by atoms with E-state index in [1.165, 1.54) is 25.7 Å². The molecular formula is C80H88N8O12. The molecule has 0 aromatic heterocycles. The molecule has 20 nitrogen and oxygen atoms in total. The van der Waals surface area contributed by atoms with E-state index in [-0.39, 0.29) is 24.2 Å². The molecule has 0 heterocycles. The molecule has 12 rings (SSSR count). The topological polar surface area (TPSA) is 326 Å². The first-order valence-electron chi connectivity index (χ1n) is 34.4. The Hall–Kier alpha value is -11.3. The molecule has 0 bridgehead atoms. The molecule has 12 N–H and O–H groups in total. The first-order chi connectivity index (χ1) is 48.5. The van der Waals surface area contributed by atoms with Gasteiger partial charge in [0.25, 0.3) is 0 Å². The summed E-state index contributed by atoms with van der Waals surface area (Å²) in [5, 5.41) is 11.7. The maximum Gasteiger partial charge on any atom is 0.412 e. The van der Waals surface area contributed by atoms with Gasteiger partial charge in [0.15, 0.2) is 0 Å². The average molecular weight is 1350 g/mol. The highest BCUT2D eigenvalue weighted by Crippen LogP contribution is 2.31. The van der Waals surface area contributed by atoms with Gasteiger partial charge >= 0.3 is 24.4 Å². The minimum Gasteiger partial charge on any atom is -0.410 e. The minimum atomic E-state index is -0.471. The number of hydrogen-bond acceptors (Lipinski definition) is 12. The van der Waals surface area contributed by atoms with Gasteiger partial charge in [0, 0.05) is 46.4 Å². The highest BCUT2D eigenvalue weighted by Gasteiger charge is 2.22. The summed E-state index contributed by atoms with van der Waals surface area (Å²) in [7, 11) is 0. The van der Waals surface area contributed by atoms with Crippen molar-refractivity contribution in [1.82, 2.24) is 21.3 Å². The Morgan fingerprint density at radius 1 is 0.240 bits per heavy atom. The first-order valence-corrected chi connectivity index (χ1v) is 34.4. The van der Waals surface area contributed by atoms with E-state index in [0.29, 0.717) is 45.3 Å². The van der Waals surface area contributed by atoms with Crippen LogP contribution in [0.5, 0.6) is 23.0 Å². The third-order valence-electron chi connectivity index (χ3n) is 17.8. The molecule has 4 aliphatic carbocycles. The summed E-state index contributed by atoms with van der Waals surface area (Å²) in [6.07, 6.45) is 20.5. The third-order valence-corrected chi connectivity index (χ3v) is 17.8. The molecule has 0 unspecified atom stereocenters. The molecule has 0 radical (unpaired) electrons. The number of amides is 8. The van der Waals surface area contributed by atoms with Gasteiger partial charge in [-0.15, -0.1) is 0 Å². The number of primary amides is 4. The zero-order chi connectivity index (χ0) is 70.6. The highest BCUT2D eigenvalue weighted by atomic mass is 16.6. The molecular weight excluding hydrogens is 1260 g/mol. The molecule has 100 heavy (non-hydrogen) atoms. The van der Waals surface area contributed by atoms with Gasteiger partial charge in [-0.3, -0.25) is 19.2 Å². The summed E-state index contributed by atoms with van der Waals surface area (Å²) in [4.78, 5) is 93.6. The van der Waals surface area contributed by atoms with E-state index >= 15 is 0 Å². The van der Waals surface area contributed by atoms with Gasteiger partial charge in [0.05, 0.1) is 0 Å². The van der Waals surface area contributed by atoms with Crippen molar-refractivity contribution in [1.29, 1.82) is 0 Å². The third kappa shape index (κ3) is 23.5. The minimum absolute atomic E-state index is 0.205. The lowest BCUT2D eigenvalue weighted by molar-refractivity contribution is 0.0992. The van der Waals surface area contributed by atoms with Crippen LogP contribution in [-0.4, -0.2) is 72.2 Å². The van der Waals surface area contributed by atoms with Crippen molar-refractivity contribution in [3.8, 4) is 67.5 Å².